The predicted molar refractivity (Wildman–Crippen MR) is 77.0 cm³/mol. The Morgan fingerprint density at radius 1 is 1.14 bits per heavy atom. The molecule has 0 heterocycles. The van der Waals surface area contributed by atoms with Gasteiger partial charge in [0.1, 0.15) is 0 Å². The quantitative estimate of drug-likeness (QED) is 0.855. The molecule has 0 bridgehead atoms. The van der Waals surface area contributed by atoms with Crippen molar-refractivity contribution in [1.82, 2.24) is 0 Å². The Hall–Kier alpha value is -1.22. The molecule has 5 nitrogen and oxygen atoms in total. The van der Waals surface area contributed by atoms with Crippen molar-refractivity contribution >= 4 is 25.4 Å². The van der Waals surface area contributed by atoms with Gasteiger partial charge in [-0.15, -0.1) is 0 Å². The number of nitrogens with one attached hydrogen (secondary N) is 1. The van der Waals surface area contributed by atoms with E-state index in [1.165, 1.54) is 32.0 Å². The molecule has 1 aromatic carbocycles. The molecule has 1 N–H and O–H groups in total. The molecular formula is C12H17F2NO4S2. The summed E-state index contributed by atoms with van der Waals surface area (Å²) in [5, 5.41) is 2.63. The van der Waals surface area contributed by atoms with Gasteiger partial charge in [0.15, 0.2) is 9.84 Å². The Morgan fingerprint density at radius 3 is 2.14 bits per heavy atom. The molecule has 9 heteroatoms. The van der Waals surface area contributed by atoms with Crippen molar-refractivity contribution in [3.63, 3.8) is 0 Å². The number of hydrogen-bond acceptors (Lipinski definition) is 5. The normalized spacial score (nSPS) is 13.4. The summed E-state index contributed by atoms with van der Waals surface area (Å²) < 4.78 is 70.4. The van der Waals surface area contributed by atoms with Crippen LogP contribution in [0.5, 0.6) is 0 Å². The molecule has 0 radical (unpaired) electrons. The third kappa shape index (κ3) is 3.91. The number of rotatable bonds is 6. The minimum Gasteiger partial charge on any atom is -0.382 e. The van der Waals surface area contributed by atoms with E-state index in [1.807, 2.05) is 0 Å². The van der Waals surface area contributed by atoms with Crippen LogP contribution in [0.3, 0.4) is 0 Å². The standard InChI is InChI=1S/C12H17F2NO4S2/c1-12(2,20(3,16)17)8-15-9-6-4-5-7-10(9)21(18,19)11(13)14/h4-7,11,15H,8H2,1-3H3. The number of hydrogen-bond donors (Lipinski definition) is 1. The smallest absolute Gasteiger partial charge is 0.341 e. The highest BCUT2D eigenvalue weighted by Crippen LogP contribution is 2.27. The SMILES string of the molecule is CC(C)(CNc1ccccc1S(=O)(=O)C(F)F)S(C)(=O)=O. The highest BCUT2D eigenvalue weighted by molar-refractivity contribution is 7.92. The largest absolute Gasteiger partial charge is 0.382 e. The first kappa shape index (κ1) is 17.8. The third-order valence-corrected chi connectivity index (χ3v) is 6.73. The molecule has 0 fully saturated rings. The second-order valence-corrected chi connectivity index (χ2v) is 9.72. The van der Waals surface area contributed by atoms with Crippen molar-refractivity contribution in [2.24, 2.45) is 0 Å². The van der Waals surface area contributed by atoms with Crippen LogP contribution in [0.15, 0.2) is 29.2 Å². The Kier molecular flexibility index (Phi) is 4.99. The fourth-order valence-corrected chi connectivity index (χ4v) is 2.64. The van der Waals surface area contributed by atoms with E-state index in [2.05, 4.69) is 5.32 Å². The second kappa shape index (κ2) is 5.88. The monoisotopic (exact) mass is 341 g/mol. The van der Waals surface area contributed by atoms with Crippen molar-refractivity contribution < 1.29 is 25.6 Å². The minimum absolute atomic E-state index is 0.0467. The van der Waals surface area contributed by atoms with Gasteiger partial charge in [0.2, 0.25) is 9.84 Å². The first-order valence-electron chi connectivity index (χ1n) is 5.94. The molecule has 21 heavy (non-hydrogen) atoms. The van der Waals surface area contributed by atoms with Crippen molar-refractivity contribution in [3.05, 3.63) is 24.3 Å². The Labute approximate surface area is 123 Å². The summed E-state index contributed by atoms with van der Waals surface area (Å²) in [5.74, 6) is -3.54. The van der Waals surface area contributed by atoms with Gasteiger partial charge in [-0.1, -0.05) is 12.1 Å². The summed E-state index contributed by atoms with van der Waals surface area (Å²) in [6, 6.07) is 5.16. The van der Waals surface area contributed by atoms with E-state index in [0.29, 0.717) is 0 Å². The number of benzene rings is 1. The molecule has 0 aliphatic carbocycles. The summed E-state index contributed by atoms with van der Waals surface area (Å²) in [5.41, 5.74) is -0.0467. The van der Waals surface area contributed by atoms with Gasteiger partial charge >= 0.3 is 5.76 Å². The van der Waals surface area contributed by atoms with Crippen LogP contribution in [0.1, 0.15) is 13.8 Å². The zero-order valence-electron chi connectivity index (χ0n) is 11.8. The van der Waals surface area contributed by atoms with Crippen molar-refractivity contribution in [2.75, 3.05) is 18.1 Å². The van der Waals surface area contributed by atoms with Gasteiger partial charge in [0, 0.05) is 12.8 Å². The lowest BCUT2D eigenvalue weighted by atomic mass is 10.2. The lowest BCUT2D eigenvalue weighted by Crippen LogP contribution is -2.38. The van der Waals surface area contributed by atoms with E-state index in [4.69, 9.17) is 0 Å². The average Bonchev–Trinajstić information content (AvgIpc) is 2.35. The van der Waals surface area contributed by atoms with Crippen LogP contribution >= 0.6 is 0 Å². The van der Waals surface area contributed by atoms with Gasteiger partial charge in [0.05, 0.1) is 15.3 Å². The molecule has 0 aromatic heterocycles. The Morgan fingerprint density at radius 2 is 1.67 bits per heavy atom. The molecule has 120 valence electrons. The van der Waals surface area contributed by atoms with Gasteiger partial charge in [-0.2, -0.15) is 8.78 Å². The van der Waals surface area contributed by atoms with E-state index in [0.717, 1.165) is 12.3 Å². The third-order valence-electron chi connectivity index (χ3n) is 3.14. The minimum atomic E-state index is -4.76. The zero-order chi connectivity index (χ0) is 16.5. The summed E-state index contributed by atoms with van der Waals surface area (Å²) in [6.07, 6.45) is 1.05. The summed E-state index contributed by atoms with van der Waals surface area (Å²) in [4.78, 5) is -0.552. The molecule has 0 aliphatic rings. The maximum atomic E-state index is 12.6. The van der Waals surface area contributed by atoms with Crippen LogP contribution in [-0.4, -0.2) is 40.1 Å². The topological polar surface area (TPSA) is 80.3 Å². The van der Waals surface area contributed by atoms with Crippen LogP contribution < -0.4 is 5.32 Å². The summed E-state index contributed by atoms with van der Waals surface area (Å²) in [6.45, 7) is 2.81. The first-order chi connectivity index (χ1) is 9.39. The van der Waals surface area contributed by atoms with Crippen LogP contribution in [0, 0.1) is 0 Å². The van der Waals surface area contributed by atoms with Crippen molar-refractivity contribution in [2.45, 2.75) is 29.2 Å². The fraction of sp³-hybridized carbons (Fsp3) is 0.500. The van der Waals surface area contributed by atoms with Crippen LogP contribution in [0.2, 0.25) is 0 Å². The molecule has 0 saturated carbocycles. The highest BCUT2D eigenvalue weighted by Gasteiger charge is 2.32. The van der Waals surface area contributed by atoms with Crippen molar-refractivity contribution in [3.8, 4) is 0 Å². The predicted octanol–water partition coefficient (Wildman–Crippen LogP) is 1.92. The second-order valence-electron chi connectivity index (χ2n) is 5.19. The molecule has 1 aromatic rings. The summed E-state index contributed by atoms with van der Waals surface area (Å²) >= 11 is 0. The van der Waals surface area contributed by atoms with E-state index in [9.17, 15) is 25.6 Å². The van der Waals surface area contributed by atoms with Crippen molar-refractivity contribution in [1.29, 1.82) is 0 Å². The molecule has 0 atom stereocenters. The number of alkyl halides is 2. The van der Waals surface area contributed by atoms with Crippen LogP contribution in [-0.2, 0) is 19.7 Å². The van der Waals surface area contributed by atoms with Gasteiger partial charge in [-0.3, -0.25) is 0 Å². The number of para-hydroxylation sites is 1. The maximum absolute atomic E-state index is 12.6. The fourth-order valence-electron chi connectivity index (χ4n) is 1.40. The number of sulfone groups is 2. The van der Waals surface area contributed by atoms with Gasteiger partial charge < -0.3 is 5.32 Å². The van der Waals surface area contributed by atoms with E-state index < -0.39 is 35.1 Å². The molecule has 0 aliphatic heterocycles. The van der Waals surface area contributed by atoms with Crippen LogP contribution in [0.25, 0.3) is 0 Å². The first-order valence-corrected chi connectivity index (χ1v) is 9.38. The van der Waals surface area contributed by atoms with E-state index >= 15 is 0 Å². The molecule has 0 saturated heterocycles. The lowest BCUT2D eigenvalue weighted by molar-refractivity contribution is 0.235. The molecule has 0 spiro atoms. The Balaban J connectivity index is 3.13. The molecule has 1 rings (SSSR count). The van der Waals surface area contributed by atoms with E-state index in [-0.39, 0.29) is 12.2 Å². The molecular weight excluding hydrogens is 324 g/mol. The summed E-state index contributed by atoms with van der Waals surface area (Å²) in [7, 11) is -8.15. The van der Waals surface area contributed by atoms with Gasteiger partial charge in [-0.25, -0.2) is 16.8 Å². The average molecular weight is 341 g/mol. The van der Waals surface area contributed by atoms with Crippen LogP contribution in [0.4, 0.5) is 14.5 Å². The maximum Gasteiger partial charge on any atom is 0.341 e. The number of halogens is 2. The van der Waals surface area contributed by atoms with Gasteiger partial charge in [0.25, 0.3) is 0 Å². The van der Waals surface area contributed by atoms with E-state index in [1.54, 1.807) is 0 Å². The molecule has 0 unspecified atom stereocenters. The lowest BCUT2D eigenvalue weighted by Gasteiger charge is -2.24. The highest BCUT2D eigenvalue weighted by atomic mass is 32.2. The number of anilines is 1. The zero-order valence-corrected chi connectivity index (χ0v) is 13.4. The molecule has 0 amide bonds. The van der Waals surface area contributed by atoms with Gasteiger partial charge in [-0.05, 0) is 26.0 Å². The Bertz CT molecular complexity index is 713.